The average Bonchev–Trinajstić information content (AvgIpc) is 2.39. The van der Waals surface area contributed by atoms with Crippen molar-refractivity contribution in [1.82, 2.24) is 4.90 Å². The van der Waals surface area contributed by atoms with E-state index in [9.17, 15) is 31.5 Å². The zero-order valence-electron chi connectivity index (χ0n) is 14.0. The number of nitrogens with zero attached hydrogens (tertiary/aromatic N) is 1. The van der Waals surface area contributed by atoms with Crippen LogP contribution in [-0.2, 0) is 16.0 Å². The van der Waals surface area contributed by atoms with Crippen molar-refractivity contribution in [2.45, 2.75) is 61.5 Å². The molecule has 1 aliphatic rings. The Labute approximate surface area is 144 Å². The summed E-state index contributed by atoms with van der Waals surface area (Å²) in [5, 5.41) is 8.44. The molecule has 9 heteroatoms. The van der Waals surface area contributed by atoms with E-state index >= 15 is 0 Å². The molecule has 1 aromatic carbocycles. The fourth-order valence-electron chi connectivity index (χ4n) is 3.03. The van der Waals surface area contributed by atoms with Crippen molar-refractivity contribution in [3.63, 3.8) is 0 Å². The molecule has 1 fully saturated rings. The van der Waals surface area contributed by atoms with Crippen LogP contribution in [0.4, 0.5) is 18.0 Å². The van der Waals surface area contributed by atoms with Crippen molar-refractivity contribution in [2.24, 2.45) is 0 Å². The van der Waals surface area contributed by atoms with Gasteiger partial charge in [0.15, 0.2) is 9.84 Å². The molecule has 0 aliphatic heterocycles. The maximum Gasteiger partial charge on any atom is 0.416 e. The Morgan fingerprint density at radius 1 is 1.20 bits per heavy atom. The summed E-state index contributed by atoms with van der Waals surface area (Å²) >= 11 is 0. The Hall–Kier alpha value is -1.77. The van der Waals surface area contributed by atoms with Crippen molar-refractivity contribution < 1.29 is 31.5 Å². The van der Waals surface area contributed by atoms with Gasteiger partial charge in [-0.05, 0) is 51.8 Å². The first kappa shape index (κ1) is 19.6. The molecule has 1 amide bonds. The normalized spacial score (nSPS) is 21.5. The van der Waals surface area contributed by atoms with Gasteiger partial charge in [0.2, 0.25) is 0 Å². The van der Waals surface area contributed by atoms with Crippen LogP contribution in [0.2, 0.25) is 0 Å². The SMILES string of the molecule is CC(C)(C)N(C(=O)O)[C@H]1C[C@@H](S(=O)(=O)c2cccc(C(F)(F)F)c2)C1. The summed E-state index contributed by atoms with van der Waals surface area (Å²) in [6.07, 6.45) is -5.63. The van der Waals surface area contributed by atoms with E-state index in [0.717, 1.165) is 18.2 Å². The zero-order chi connectivity index (χ0) is 19.2. The molecule has 0 spiro atoms. The van der Waals surface area contributed by atoms with E-state index in [1.165, 1.54) is 4.90 Å². The third-order valence-corrected chi connectivity index (χ3v) is 6.47. The molecule has 0 radical (unpaired) electrons. The molecule has 1 aromatic rings. The van der Waals surface area contributed by atoms with Gasteiger partial charge in [-0.25, -0.2) is 13.2 Å². The lowest BCUT2D eigenvalue weighted by Crippen LogP contribution is -2.58. The molecule has 2 rings (SSSR count). The fourth-order valence-corrected chi connectivity index (χ4v) is 4.93. The van der Waals surface area contributed by atoms with Crippen molar-refractivity contribution in [3.8, 4) is 0 Å². The summed E-state index contributed by atoms with van der Waals surface area (Å²) in [5.74, 6) is 0. The quantitative estimate of drug-likeness (QED) is 0.867. The molecule has 0 heterocycles. The first-order valence-electron chi connectivity index (χ1n) is 7.68. The Morgan fingerprint density at radius 3 is 2.20 bits per heavy atom. The Kier molecular flexibility index (Phi) is 4.84. The summed E-state index contributed by atoms with van der Waals surface area (Å²) in [6.45, 7) is 5.11. The molecule has 0 bridgehead atoms. The zero-order valence-corrected chi connectivity index (χ0v) is 14.9. The molecular weight excluding hydrogens is 359 g/mol. The van der Waals surface area contributed by atoms with Crippen LogP contribution in [0.15, 0.2) is 29.2 Å². The van der Waals surface area contributed by atoms with Crippen molar-refractivity contribution >= 4 is 15.9 Å². The summed E-state index contributed by atoms with van der Waals surface area (Å²) in [5.41, 5.74) is -1.71. The first-order chi connectivity index (χ1) is 11.2. The highest BCUT2D eigenvalue weighted by Crippen LogP contribution is 2.38. The average molecular weight is 379 g/mol. The lowest BCUT2D eigenvalue weighted by molar-refractivity contribution is -0.137. The number of alkyl halides is 3. The van der Waals surface area contributed by atoms with Gasteiger partial charge in [-0.3, -0.25) is 0 Å². The molecule has 0 unspecified atom stereocenters. The smallest absolute Gasteiger partial charge is 0.416 e. The number of halogens is 3. The van der Waals surface area contributed by atoms with Crippen LogP contribution in [0, 0.1) is 0 Å². The summed E-state index contributed by atoms with van der Waals surface area (Å²) in [4.78, 5) is 12.2. The van der Waals surface area contributed by atoms with Gasteiger partial charge in [0.1, 0.15) is 0 Å². The standard InChI is InChI=1S/C16H20F3NO4S/c1-15(2,3)20(14(21)22)11-8-13(9-11)25(23,24)12-6-4-5-10(7-12)16(17,18)19/h4-7,11,13H,8-9H2,1-3H3,(H,21,22)/t11-,13+. The van der Waals surface area contributed by atoms with Crippen LogP contribution >= 0.6 is 0 Å². The van der Waals surface area contributed by atoms with Crippen LogP contribution in [0.3, 0.4) is 0 Å². The van der Waals surface area contributed by atoms with Crippen LogP contribution < -0.4 is 0 Å². The van der Waals surface area contributed by atoms with Crippen molar-refractivity contribution in [3.05, 3.63) is 29.8 Å². The lowest BCUT2D eigenvalue weighted by atomic mass is 9.87. The van der Waals surface area contributed by atoms with Gasteiger partial charge in [0.25, 0.3) is 0 Å². The van der Waals surface area contributed by atoms with Gasteiger partial charge >= 0.3 is 12.3 Å². The number of hydrogen-bond acceptors (Lipinski definition) is 3. The number of sulfone groups is 1. The lowest BCUT2D eigenvalue weighted by Gasteiger charge is -2.47. The Balaban J connectivity index is 2.20. The second kappa shape index (κ2) is 6.19. The number of hydrogen-bond donors (Lipinski definition) is 1. The predicted molar refractivity (Wildman–Crippen MR) is 85.1 cm³/mol. The van der Waals surface area contributed by atoms with E-state index in [0.29, 0.717) is 6.07 Å². The molecular formula is C16H20F3NO4S. The molecule has 0 saturated heterocycles. The van der Waals surface area contributed by atoms with E-state index in [-0.39, 0.29) is 17.7 Å². The molecule has 0 aromatic heterocycles. The molecule has 1 aliphatic carbocycles. The Morgan fingerprint density at radius 2 is 1.76 bits per heavy atom. The molecule has 1 N–H and O–H groups in total. The Bertz CT molecular complexity index is 762. The molecule has 140 valence electrons. The van der Waals surface area contributed by atoms with Crippen molar-refractivity contribution in [2.75, 3.05) is 0 Å². The number of carbonyl (C=O) groups is 1. The first-order valence-corrected chi connectivity index (χ1v) is 9.22. The second-order valence-corrected chi connectivity index (χ2v) is 9.37. The third-order valence-electron chi connectivity index (χ3n) is 4.29. The van der Waals surface area contributed by atoms with E-state index in [4.69, 9.17) is 0 Å². The second-order valence-electron chi connectivity index (χ2n) is 7.14. The highest BCUT2D eigenvalue weighted by molar-refractivity contribution is 7.92. The maximum atomic E-state index is 12.8. The van der Waals surface area contributed by atoms with Gasteiger partial charge in [-0.2, -0.15) is 13.2 Å². The fraction of sp³-hybridized carbons (Fsp3) is 0.562. The monoisotopic (exact) mass is 379 g/mol. The highest BCUT2D eigenvalue weighted by Gasteiger charge is 2.46. The van der Waals surface area contributed by atoms with E-state index in [1.54, 1.807) is 20.8 Å². The molecule has 25 heavy (non-hydrogen) atoms. The van der Waals surface area contributed by atoms with Crippen LogP contribution in [-0.4, -0.2) is 41.3 Å². The van der Waals surface area contributed by atoms with Crippen LogP contribution in [0.5, 0.6) is 0 Å². The number of benzene rings is 1. The van der Waals surface area contributed by atoms with E-state index in [2.05, 4.69) is 0 Å². The van der Waals surface area contributed by atoms with Crippen molar-refractivity contribution in [1.29, 1.82) is 0 Å². The highest BCUT2D eigenvalue weighted by atomic mass is 32.2. The summed E-state index contributed by atoms with van der Waals surface area (Å²) in [6, 6.07) is 3.17. The van der Waals surface area contributed by atoms with Gasteiger partial charge in [-0.1, -0.05) is 6.07 Å². The van der Waals surface area contributed by atoms with Crippen LogP contribution in [0.25, 0.3) is 0 Å². The molecule has 1 saturated carbocycles. The van der Waals surface area contributed by atoms with Crippen LogP contribution in [0.1, 0.15) is 39.2 Å². The predicted octanol–water partition coefficient (Wildman–Crippen LogP) is 3.79. The topological polar surface area (TPSA) is 74.7 Å². The number of rotatable bonds is 3. The molecule has 5 nitrogen and oxygen atoms in total. The third kappa shape index (κ3) is 3.91. The minimum absolute atomic E-state index is 0.0716. The maximum absolute atomic E-state index is 12.8. The van der Waals surface area contributed by atoms with E-state index < -0.39 is 44.5 Å². The van der Waals surface area contributed by atoms with Gasteiger partial charge in [0, 0.05) is 11.6 Å². The number of amides is 1. The van der Waals surface area contributed by atoms with Gasteiger partial charge < -0.3 is 10.0 Å². The minimum Gasteiger partial charge on any atom is -0.465 e. The van der Waals surface area contributed by atoms with Gasteiger partial charge in [0.05, 0.1) is 15.7 Å². The largest absolute Gasteiger partial charge is 0.465 e. The minimum atomic E-state index is -4.62. The molecule has 0 atom stereocenters. The van der Waals surface area contributed by atoms with Gasteiger partial charge in [-0.15, -0.1) is 0 Å². The number of carboxylic acid groups (broad SMARTS) is 1. The summed E-state index contributed by atoms with van der Waals surface area (Å²) in [7, 11) is -3.94. The summed E-state index contributed by atoms with van der Waals surface area (Å²) < 4.78 is 63.4. The van der Waals surface area contributed by atoms with E-state index in [1.807, 2.05) is 0 Å².